The van der Waals surface area contributed by atoms with Gasteiger partial charge in [0.2, 0.25) is 0 Å². The number of halogens is 2. The van der Waals surface area contributed by atoms with Crippen LogP contribution >= 0.6 is 27.3 Å². The summed E-state index contributed by atoms with van der Waals surface area (Å²) in [5, 5.41) is 9.37. The van der Waals surface area contributed by atoms with Crippen LogP contribution in [0.15, 0.2) is 117 Å². The summed E-state index contributed by atoms with van der Waals surface area (Å²) in [7, 11) is 0. The number of hydrogen-bond acceptors (Lipinski definition) is 7. The van der Waals surface area contributed by atoms with Crippen molar-refractivity contribution in [3.05, 3.63) is 160 Å². The molecular formula is C36H25BrFN3O4S. The normalized spacial score (nSPS) is 14.3. The number of fused-ring (bicyclic) bond motifs is 1. The van der Waals surface area contributed by atoms with Crippen LogP contribution in [0.3, 0.4) is 0 Å². The molecule has 0 fully saturated rings. The zero-order valence-electron chi connectivity index (χ0n) is 24.4. The van der Waals surface area contributed by atoms with Crippen molar-refractivity contribution in [1.29, 1.82) is 5.26 Å². The summed E-state index contributed by atoms with van der Waals surface area (Å²) < 4.78 is 28.0. The lowest BCUT2D eigenvalue weighted by atomic mass is 9.93. The second-order valence-electron chi connectivity index (χ2n) is 10.2. The van der Waals surface area contributed by atoms with Crippen molar-refractivity contribution in [1.82, 2.24) is 4.57 Å². The molecule has 0 amide bonds. The number of hydrogen-bond donors (Lipinski definition) is 0. The Bertz CT molecular complexity index is 2200. The highest BCUT2D eigenvalue weighted by atomic mass is 79.9. The van der Waals surface area contributed by atoms with Crippen molar-refractivity contribution >= 4 is 45.0 Å². The summed E-state index contributed by atoms with van der Waals surface area (Å²) in [5.41, 5.74) is 3.52. The second-order valence-corrected chi connectivity index (χ2v) is 12.1. The Balaban J connectivity index is 1.45. The van der Waals surface area contributed by atoms with Crippen LogP contribution in [0.5, 0.6) is 5.75 Å². The molecule has 228 valence electrons. The summed E-state index contributed by atoms with van der Waals surface area (Å²) in [6.45, 7) is 2.06. The topological polar surface area (TPSA) is 93.7 Å². The molecule has 0 saturated heterocycles. The lowest BCUT2D eigenvalue weighted by molar-refractivity contribution is -0.138. The van der Waals surface area contributed by atoms with Gasteiger partial charge in [-0.3, -0.25) is 9.36 Å². The number of rotatable bonds is 8. The number of benzene rings is 4. The van der Waals surface area contributed by atoms with E-state index in [-0.39, 0.29) is 24.3 Å². The van der Waals surface area contributed by atoms with Crippen LogP contribution in [0, 0.1) is 17.1 Å². The lowest BCUT2D eigenvalue weighted by Crippen LogP contribution is -2.40. The van der Waals surface area contributed by atoms with E-state index in [1.807, 2.05) is 54.6 Å². The fourth-order valence-corrected chi connectivity index (χ4v) is 6.70. The fourth-order valence-electron chi connectivity index (χ4n) is 5.19. The van der Waals surface area contributed by atoms with Crippen LogP contribution in [-0.4, -0.2) is 17.1 Å². The van der Waals surface area contributed by atoms with Gasteiger partial charge in [0, 0.05) is 11.1 Å². The van der Waals surface area contributed by atoms with Crippen molar-refractivity contribution < 1.29 is 18.7 Å². The molecule has 0 aliphatic carbocycles. The Labute approximate surface area is 276 Å². The molecule has 0 bridgehead atoms. The summed E-state index contributed by atoms with van der Waals surface area (Å²) >= 11 is 4.76. The number of thiazole rings is 1. The Kier molecular flexibility index (Phi) is 9.06. The highest BCUT2D eigenvalue weighted by molar-refractivity contribution is 9.10. The predicted molar refractivity (Wildman–Crippen MR) is 177 cm³/mol. The van der Waals surface area contributed by atoms with E-state index in [1.165, 1.54) is 28.0 Å². The zero-order valence-corrected chi connectivity index (χ0v) is 26.8. The summed E-state index contributed by atoms with van der Waals surface area (Å²) in [4.78, 5) is 32.8. The largest absolute Gasteiger partial charge is 0.488 e. The molecular weight excluding hydrogens is 669 g/mol. The van der Waals surface area contributed by atoms with Gasteiger partial charge in [0.15, 0.2) is 4.80 Å². The van der Waals surface area contributed by atoms with Gasteiger partial charge in [0.1, 0.15) is 18.2 Å². The van der Waals surface area contributed by atoms with Crippen molar-refractivity contribution in [2.24, 2.45) is 4.99 Å². The number of carbonyl (C=O) groups is 1. The average Bonchev–Trinajstić information content (AvgIpc) is 3.38. The third-order valence-corrected chi connectivity index (χ3v) is 8.94. The monoisotopic (exact) mass is 693 g/mol. The van der Waals surface area contributed by atoms with E-state index in [0.29, 0.717) is 41.9 Å². The molecule has 0 N–H and O–H groups in total. The number of nitriles is 1. The molecule has 4 aromatic carbocycles. The number of esters is 1. The third-order valence-electron chi connectivity index (χ3n) is 7.33. The zero-order chi connectivity index (χ0) is 32.2. The van der Waals surface area contributed by atoms with E-state index < -0.39 is 17.8 Å². The van der Waals surface area contributed by atoms with Crippen molar-refractivity contribution in [2.45, 2.75) is 19.6 Å². The van der Waals surface area contributed by atoms with E-state index >= 15 is 0 Å². The van der Waals surface area contributed by atoms with Gasteiger partial charge in [0.05, 0.1) is 44.6 Å². The number of ether oxygens (including phenoxy) is 2. The SMILES string of the molecule is CCOC(=O)C1=C(c2ccccc2)N=c2s/c(=C\c3ccc(OCc4ccccc4C#N)c(Br)c3)c(=O)n2[C@@H]1c1ccc(F)cc1. The highest BCUT2D eigenvalue weighted by Crippen LogP contribution is 2.35. The van der Waals surface area contributed by atoms with Gasteiger partial charge in [-0.15, -0.1) is 0 Å². The van der Waals surface area contributed by atoms with Crippen LogP contribution in [0.2, 0.25) is 0 Å². The molecule has 1 aliphatic rings. The molecule has 0 unspecified atom stereocenters. The lowest BCUT2D eigenvalue weighted by Gasteiger charge is -2.25. The van der Waals surface area contributed by atoms with Crippen LogP contribution in [0.1, 0.15) is 40.8 Å². The van der Waals surface area contributed by atoms with Gasteiger partial charge in [-0.05, 0) is 70.4 Å². The predicted octanol–water partition coefficient (Wildman–Crippen LogP) is 6.29. The molecule has 0 spiro atoms. The van der Waals surface area contributed by atoms with E-state index in [4.69, 9.17) is 14.5 Å². The van der Waals surface area contributed by atoms with E-state index in [0.717, 1.165) is 11.1 Å². The molecule has 7 nitrogen and oxygen atoms in total. The Morgan fingerprint density at radius 3 is 2.52 bits per heavy atom. The maximum absolute atomic E-state index is 14.1. The van der Waals surface area contributed by atoms with Crippen molar-refractivity contribution in [3.63, 3.8) is 0 Å². The molecule has 2 heterocycles. The van der Waals surface area contributed by atoms with Gasteiger partial charge in [0.25, 0.3) is 5.56 Å². The Morgan fingerprint density at radius 2 is 1.80 bits per heavy atom. The molecule has 1 atom stereocenters. The first-order valence-corrected chi connectivity index (χ1v) is 15.9. The standard InChI is InChI=1S/C36H25BrFN3O4S/c1-2-44-35(43)31-32(23-8-4-3-5-9-23)40-36-41(33(31)24-13-15-27(38)16-14-24)34(42)30(46-36)19-22-12-17-29(28(37)18-22)45-21-26-11-7-6-10-25(26)20-39/h3-19,33H,2,21H2,1H3/b30-19-/t33-/m1/s1. The van der Waals surface area contributed by atoms with Gasteiger partial charge >= 0.3 is 5.97 Å². The minimum atomic E-state index is -0.896. The second kappa shape index (κ2) is 13.5. The smallest absolute Gasteiger partial charge is 0.338 e. The Morgan fingerprint density at radius 1 is 1.07 bits per heavy atom. The van der Waals surface area contributed by atoms with Crippen molar-refractivity contribution in [2.75, 3.05) is 6.61 Å². The van der Waals surface area contributed by atoms with Crippen molar-refractivity contribution in [3.8, 4) is 11.8 Å². The van der Waals surface area contributed by atoms with E-state index in [1.54, 1.807) is 43.3 Å². The molecule has 10 heteroatoms. The molecule has 1 aliphatic heterocycles. The molecule has 5 aromatic rings. The fraction of sp³-hybridized carbons (Fsp3) is 0.111. The van der Waals surface area contributed by atoms with Crippen LogP contribution < -0.4 is 19.6 Å². The highest BCUT2D eigenvalue weighted by Gasteiger charge is 2.35. The minimum absolute atomic E-state index is 0.129. The van der Waals surface area contributed by atoms with Gasteiger partial charge in [-0.2, -0.15) is 5.26 Å². The van der Waals surface area contributed by atoms with Gasteiger partial charge < -0.3 is 9.47 Å². The first-order chi connectivity index (χ1) is 22.4. The minimum Gasteiger partial charge on any atom is -0.488 e. The van der Waals surface area contributed by atoms with Crippen LogP contribution in [0.4, 0.5) is 4.39 Å². The molecule has 6 rings (SSSR count). The van der Waals surface area contributed by atoms with Gasteiger partial charge in [-0.1, -0.05) is 78.1 Å². The third kappa shape index (κ3) is 6.20. The number of aromatic nitrogens is 1. The Hall–Kier alpha value is -5.11. The molecule has 46 heavy (non-hydrogen) atoms. The summed E-state index contributed by atoms with van der Waals surface area (Å²) in [6.07, 6.45) is 1.75. The maximum Gasteiger partial charge on any atom is 0.338 e. The van der Waals surface area contributed by atoms with Gasteiger partial charge in [-0.25, -0.2) is 14.2 Å². The molecule has 1 aromatic heterocycles. The average molecular weight is 695 g/mol. The maximum atomic E-state index is 14.1. The summed E-state index contributed by atoms with van der Waals surface area (Å²) in [5.74, 6) is -0.465. The quantitative estimate of drug-likeness (QED) is 0.178. The number of nitrogens with zero attached hydrogens (tertiary/aromatic N) is 3. The number of carbonyl (C=O) groups excluding carboxylic acids is 1. The van der Waals surface area contributed by atoms with Crippen LogP contribution in [-0.2, 0) is 16.1 Å². The molecule has 0 radical (unpaired) electrons. The summed E-state index contributed by atoms with van der Waals surface area (Å²) in [6, 6.07) is 28.9. The first kappa shape index (κ1) is 30.9. The van der Waals surface area contributed by atoms with E-state index in [9.17, 15) is 19.2 Å². The van der Waals surface area contributed by atoms with E-state index in [2.05, 4.69) is 22.0 Å². The van der Waals surface area contributed by atoms with Crippen LogP contribution in [0.25, 0.3) is 11.8 Å². The first-order valence-electron chi connectivity index (χ1n) is 14.3. The molecule has 0 saturated carbocycles.